The third-order valence-corrected chi connectivity index (χ3v) is 3.46. The lowest BCUT2D eigenvalue weighted by molar-refractivity contribution is -0.137. The zero-order valence-electron chi connectivity index (χ0n) is 10.5. The summed E-state index contributed by atoms with van der Waals surface area (Å²) < 4.78 is 14.5. The van der Waals surface area contributed by atoms with Crippen LogP contribution in [0.25, 0.3) is 0 Å². The molecule has 1 aromatic carbocycles. The molecule has 1 atom stereocenters. The van der Waals surface area contributed by atoms with E-state index in [9.17, 15) is 9.18 Å². The summed E-state index contributed by atoms with van der Waals surface area (Å²) in [5.74, 6) is -1.04. The molecule has 3 nitrogen and oxygen atoms in total. The van der Waals surface area contributed by atoms with Gasteiger partial charge in [0.05, 0.1) is 0 Å². The average molecular weight is 318 g/mol. The van der Waals surface area contributed by atoms with Gasteiger partial charge in [-0.2, -0.15) is 0 Å². The van der Waals surface area contributed by atoms with Crippen molar-refractivity contribution in [1.29, 1.82) is 0 Å². The van der Waals surface area contributed by atoms with E-state index in [1.54, 1.807) is 12.1 Å². The zero-order valence-corrected chi connectivity index (χ0v) is 12.1. The van der Waals surface area contributed by atoms with Gasteiger partial charge in [0.25, 0.3) is 0 Å². The van der Waals surface area contributed by atoms with E-state index in [1.165, 1.54) is 6.07 Å². The number of carboxylic acids is 1. The summed E-state index contributed by atoms with van der Waals surface area (Å²) in [5, 5.41) is 8.58. The van der Waals surface area contributed by atoms with Gasteiger partial charge in [-0.15, -0.1) is 0 Å². The topological polar surface area (TPSA) is 40.5 Å². The molecule has 0 radical (unpaired) electrons. The van der Waals surface area contributed by atoms with Crippen LogP contribution in [0, 0.1) is 5.82 Å². The molecular weight excluding hydrogens is 301 g/mol. The second-order valence-electron chi connectivity index (χ2n) is 4.32. The first-order chi connectivity index (χ1) is 8.41. The lowest BCUT2D eigenvalue weighted by Crippen LogP contribution is -2.24. The maximum atomic E-state index is 13.7. The highest BCUT2D eigenvalue weighted by atomic mass is 79.9. The van der Waals surface area contributed by atoms with E-state index < -0.39 is 5.97 Å². The number of carboxylic acid groups (broad SMARTS) is 1. The van der Waals surface area contributed by atoms with Crippen LogP contribution >= 0.6 is 15.9 Å². The summed E-state index contributed by atoms with van der Waals surface area (Å²) in [6.07, 6.45) is 0.698. The first-order valence-electron chi connectivity index (χ1n) is 5.78. The normalized spacial score (nSPS) is 12.7. The first-order valence-corrected chi connectivity index (χ1v) is 6.58. The standard InChI is InChI=1S/C13H17BrFNO2/c1-9(16(2)7-3-4-13(17)18)11-8-10(14)5-6-12(11)15/h5-6,8-9H,3-4,7H2,1-2H3,(H,17,18). The highest BCUT2D eigenvalue weighted by molar-refractivity contribution is 9.10. The van der Waals surface area contributed by atoms with E-state index in [1.807, 2.05) is 18.9 Å². The highest BCUT2D eigenvalue weighted by Gasteiger charge is 2.16. The van der Waals surface area contributed by atoms with Crippen molar-refractivity contribution in [3.63, 3.8) is 0 Å². The Balaban J connectivity index is 2.64. The van der Waals surface area contributed by atoms with Crippen LogP contribution in [0.2, 0.25) is 0 Å². The molecule has 0 saturated heterocycles. The summed E-state index contributed by atoms with van der Waals surface area (Å²) in [4.78, 5) is 12.4. The van der Waals surface area contributed by atoms with Crippen molar-refractivity contribution in [2.45, 2.75) is 25.8 Å². The molecule has 1 aromatic rings. The quantitative estimate of drug-likeness (QED) is 0.873. The van der Waals surface area contributed by atoms with Crippen molar-refractivity contribution >= 4 is 21.9 Å². The van der Waals surface area contributed by atoms with Gasteiger partial charge in [0.2, 0.25) is 0 Å². The van der Waals surface area contributed by atoms with E-state index in [2.05, 4.69) is 15.9 Å². The highest BCUT2D eigenvalue weighted by Crippen LogP contribution is 2.25. The van der Waals surface area contributed by atoms with E-state index >= 15 is 0 Å². The first kappa shape index (κ1) is 15.1. The lowest BCUT2D eigenvalue weighted by atomic mass is 10.1. The number of hydrogen-bond donors (Lipinski definition) is 1. The van der Waals surface area contributed by atoms with Crippen molar-refractivity contribution in [2.75, 3.05) is 13.6 Å². The third-order valence-electron chi connectivity index (χ3n) is 2.97. The van der Waals surface area contributed by atoms with E-state index in [0.717, 1.165) is 4.47 Å². The maximum absolute atomic E-state index is 13.7. The van der Waals surface area contributed by atoms with Crippen LogP contribution < -0.4 is 0 Å². The van der Waals surface area contributed by atoms with Crippen LogP contribution in [0.4, 0.5) is 4.39 Å². The van der Waals surface area contributed by atoms with Crippen molar-refractivity contribution in [3.8, 4) is 0 Å². The van der Waals surface area contributed by atoms with Gasteiger partial charge in [0, 0.05) is 22.5 Å². The molecule has 1 N–H and O–H groups in total. The van der Waals surface area contributed by atoms with Crippen LogP contribution in [0.3, 0.4) is 0 Å². The second-order valence-corrected chi connectivity index (χ2v) is 5.24. The predicted molar refractivity (Wildman–Crippen MR) is 72.0 cm³/mol. The largest absolute Gasteiger partial charge is 0.481 e. The molecular formula is C13H17BrFNO2. The Kier molecular flexibility index (Phi) is 5.75. The monoisotopic (exact) mass is 317 g/mol. The number of hydrogen-bond acceptors (Lipinski definition) is 2. The molecule has 0 spiro atoms. The molecule has 18 heavy (non-hydrogen) atoms. The number of carbonyl (C=O) groups is 1. The summed E-state index contributed by atoms with van der Waals surface area (Å²) >= 11 is 3.32. The van der Waals surface area contributed by atoms with Gasteiger partial charge in [-0.1, -0.05) is 15.9 Å². The summed E-state index contributed by atoms with van der Waals surface area (Å²) in [6.45, 7) is 2.53. The molecule has 0 aliphatic carbocycles. The predicted octanol–water partition coefficient (Wildman–Crippen LogP) is 3.45. The Morgan fingerprint density at radius 3 is 2.83 bits per heavy atom. The minimum Gasteiger partial charge on any atom is -0.481 e. The van der Waals surface area contributed by atoms with E-state index in [0.29, 0.717) is 18.5 Å². The Bertz CT molecular complexity index is 425. The minimum atomic E-state index is -0.801. The van der Waals surface area contributed by atoms with Gasteiger partial charge >= 0.3 is 5.97 Å². The lowest BCUT2D eigenvalue weighted by Gasteiger charge is -2.25. The summed E-state index contributed by atoms with van der Waals surface area (Å²) in [7, 11) is 1.87. The third kappa shape index (κ3) is 4.38. The van der Waals surface area contributed by atoms with Crippen LogP contribution in [0.5, 0.6) is 0 Å². The molecule has 1 unspecified atom stereocenters. The van der Waals surface area contributed by atoms with Gasteiger partial charge in [-0.25, -0.2) is 4.39 Å². The number of halogens is 2. The summed E-state index contributed by atoms with van der Waals surface area (Å²) in [6, 6.07) is 4.77. The van der Waals surface area contributed by atoms with Crippen LogP contribution in [-0.4, -0.2) is 29.6 Å². The molecule has 0 bridgehead atoms. The van der Waals surface area contributed by atoms with Crippen molar-refractivity contribution in [2.24, 2.45) is 0 Å². The van der Waals surface area contributed by atoms with Gasteiger partial charge in [0.1, 0.15) is 5.82 Å². The Morgan fingerprint density at radius 1 is 1.56 bits per heavy atom. The number of aliphatic carboxylic acids is 1. The average Bonchev–Trinajstić information content (AvgIpc) is 2.30. The van der Waals surface area contributed by atoms with Crippen molar-refractivity contribution in [1.82, 2.24) is 4.90 Å². The fraction of sp³-hybridized carbons (Fsp3) is 0.462. The molecule has 0 aliphatic rings. The molecule has 100 valence electrons. The SMILES string of the molecule is CC(c1cc(Br)ccc1F)N(C)CCCC(=O)O. The van der Waals surface area contributed by atoms with Crippen molar-refractivity contribution < 1.29 is 14.3 Å². The zero-order chi connectivity index (χ0) is 13.7. The van der Waals surface area contributed by atoms with Gasteiger partial charge in [-0.05, 0) is 45.1 Å². The number of rotatable bonds is 6. The molecule has 0 amide bonds. The van der Waals surface area contributed by atoms with Gasteiger partial charge < -0.3 is 5.11 Å². The fourth-order valence-electron chi connectivity index (χ4n) is 1.75. The number of benzene rings is 1. The molecule has 0 aliphatic heterocycles. The molecule has 0 saturated carbocycles. The van der Waals surface area contributed by atoms with Gasteiger partial charge in [-0.3, -0.25) is 9.69 Å². The molecule has 0 fully saturated rings. The van der Waals surface area contributed by atoms with E-state index in [-0.39, 0.29) is 18.3 Å². The number of nitrogens with zero attached hydrogens (tertiary/aromatic N) is 1. The maximum Gasteiger partial charge on any atom is 0.303 e. The fourth-order valence-corrected chi connectivity index (χ4v) is 2.12. The Hall–Kier alpha value is -0.940. The molecule has 1 rings (SSSR count). The smallest absolute Gasteiger partial charge is 0.303 e. The van der Waals surface area contributed by atoms with Gasteiger partial charge in [0.15, 0.2) is 0 Å². The van der Waals surface area contributed by atoms with Crippen molar-refractivity contribution in [3.05, 3.63) is 34.1 Å². The van der Waals surface area contributed by atoms with Crippen LogP contribution in [0.1, 0.15) is 31.4 Å². The van der Waals surface area contributed by atoms with Crippen LogP contribution in [-0.2, 0) is 4.79 Å². The molecule has 5 heteroatoms. The van der Waals surface area contributed by atoms with Crippen LogP contribution in [0.15, 0.2) is 22.7 Å². The second kappa shape index (κ2) is 6.85. The Morgan fingerprint density at radius 2 is 2.22 bits per heavy atom. The molecule has 0 aromatic heterocycles. The minimum absolute atomic E-state index is 0.0868. The van der Waals surface area contributed by atoms with E-state index in [4.69, 9.17) is 5.11 Å². The Labute approximate surface area is 115 Å². The summed E-state index contributed by atoms with van der Waals surface area (Å²) in [5.41, 5.74) is 0.613. The molecule has 0 heterocycles.